The van der Waals surface area contributed by atoms with Crippen LogP contribution < -0.4 is 5.43 Å². The number of rotatable bonds is 8. The van der Waals surface area contributed by atoms with E-state index in [0.717, 1.165) is 12.0 Å². The Labute approximate surface area is 184 Å². The summed E-state index contributed by atoms with van der Waals surface area (Å²) >= 11 is 0. The van der Waals surface area contributed by atoms with Crippen molar-refractivity contribution in [3.05, 3.63) is 35.9 Å². The maximum absolute atomic E-state index is 13.0. The molecule has 0 bridgehead atoms. The van der Waals surface area contributed by atoms with Crippen LogP contribution in [0.25, 0.3) is 0 Å². The van der Waals surface area contributed by atoms with Gasteiger partial charge in [-0.15, -0.1) is 0 Å². The summed E-state index contributed by atoms with van der Waals surface area (Å²) in [5.41, 5.74) is 3.45. The zero-order chi connectivity index (χ0) is 23.0. The number of amides is 2. The second kappa shape index (κ2) is 11.1. The molecule has 1 aliphatic heterocycles. The molecule has 0 radical (unpaired) electrons. The van der Waals surface area contributed by atoms with Crippen molar-refractivity contribution in [3.63, 3.8) is 0 Å². The standard InChI is InChI=1S/C23H35N3O5/c1-6-30-20(27)18(15-14-17-11-8-7-9-12-17)24-25(5)22(29)26-16-10-13-19(26)21(28)31-23(2,3)4/h7-9,11-12,18-19,24H,6,10,13-16H2,1-5H3/t18?,19-/m0/s1. The van der Waals surface area contributed by atoms with Gasteiger partial charge in [-0.2, -0.15) is 0 Å². The van der Waals surface area contributed by atoms with Crippen LogP contribution in [-0.2, 0) is 25.5 Å². The van der Waals surface area contributed by atoms with Gasteiger partial charge in [-0.25, -0.2) is 15.0 Å². The van der Waals surface area contributed by atoms with E-state index in [-0.39, 0.29) is 12.6 Å². The second-order valence-corrected chi connectivity index (χ2v) is 8.68. The van der Waals surface area contributed by atoms with E-state index in [4.69, 9.17) is 9.47 Å². The Morgan fingerprint density at radius 3 is 2.52 bits per heavy atom. The molecule has 8 heteroatoms. The first kappa shape index (κ1) is 24.7. The summed E-state index contributed by atoms with van der Waals surface area (Å²) in [5.74, 6) is -0.819. The molecule has 1 aromatic rings. The lowest BCUT2D eigenvalue weighted by atomic mass is 10.1. The van der Waals surface area contributed by atoms with Gasteiger partial charge in [-0.05, 0) is 58.9 Å². The summed E-state index contributed by atoms with van der Waals surface area (Å²) in [6, 6.07) is 8.14. The van der Waals surface area contributed by atoms with Crippen LogP contribution >= 0.6 is 0 Å². The fourth-order valence-corrected chi connectivity index (χ4v) is 3.53. The van der Waals surface area contributed by atoms with Crippen molar-refractivity contribution < 1.29 is 23.9 Å². The van der Waals surface area contributed by atoms with Crippen LogP contribution in [0.3, 0.4) is 0 Å². The van der Waals surface area contributed by atoms with E-state index in [1.807, 2.05) is 30.3 Å². The highest BCUT2D eigenvalue weighted by molar-refractivity contribution is 5.84. The molecule has 1 aromatic carbocycles. The smallest absolute Gasteiger partial charge is 0.334 e. The Hall–Kier alpha value is -2.61. The molecule has 1 unspecified atom stereocenters. The van der Waals surface area contributed by atoms with Crippen molar-refractivity contribution in [2.24, 2.45) is 0 Å². The van der Waals surface area contributed by atoms with Gasteiger partial charge >= 0.3 is 18.0 Å². The fourth-order valence-electron chi connectivity index (χ4n) is 3.53. The summed E-state index contributed by atoms with van der Waals surface area (Å²) in [6.45, 7) is 7.87. The predicted octanol–water partition coefficient (Wildman–Crippen LogP) is 2.91. The van der Waals surface area contributed by atoms with E-state index in [0.29, 0.717) is 25.8 Å². The highest BCUT2D eigenvalue weighted by atomic mass is 16.6. The Morgan fingerprint density at radius 2 is 1.90 bits per heavy atom. The third-order valence-corrected chi connectivity index (χ3v) is 4.95. The number of esters is 2. The lowest BCUT2D eigenvalue weighted by Crippen LogP contribution is -2.56. The summed E-state index contributed by atoms with van der Waals surface area (Å²) < 4.78 is 10.7. The summed E-state index contributed by atoms with van der Waals surface area (Å²) in [4.78, 5) is 39.6. The van der Waals surface area contributed by atoms with E-state index in [1.54, 1.807) is 34.7 Å². The number of hydrazine groups is 1. The molecule has 0 aliphatic carbocycles. The maximum Gasteiger partial charge on any atom is 0.334 e. The van der Waals surface area contributed by atoms with Crippen molar-refractivity contribution >= 4 is 18.0 Å². The topological polar surface area (TPSA) is 88.2 Å². The number of aryl methyl sites for hydroxylation is 1. The van der Waals surface area contributed by atoms with Gasteiger partial charge in [-0.1, -0.05) is 30.3 Å². The quantitative estimate of drug-likeness (QED) is 0.501. The van der Waals surface area contributed by atoms with Crippen LogP contribution in [0.15, 0.2) is 30.3 Å². The second-order valence-electron chi connectivity index (χ2n) is 8.68. The van der Waals surface area contributed by atoms with Crippen LogP contribution in [0.2, 0.25) is 0 Å². The van der Waals surface area contributed by atoms with E-state index in [2.05, 4.69) is 5.43 Å². The molecule has 31 heavy (non-hydrogen) atoms. The molecular formula is C23H35N3O5. The van der Waals surface area contributed by atoms with Gasteiger partial charge in [0.2, 0.25) is 0 Å². The molecule has 2 amide bonds. The number of nitrogens with zero attached hydrogens (tertiary/aromatic N) is 2. The highest BCUT2D eigenvalue weighted by Crippen LogP contribution is 2.22. The van der Waals surface area contributed by atoms with E-state index < -0.39 is 29.6 Å². The zero-order valence-corrected chi connectivity index (χ0v) is 19.2. The van der Waals surface area contributed by atoms with Crippen molar-refractivity contribution in [2.45, 2.75) is 71.1 Å². The van der Waals surface area contributed by atoms with Gasteiger partial charge in [0, 0.05) is 13.6 Å². The number of carbonyl (C=O) groups is 3. The number of carbonyl (C=O) groups excluding carboxylic acids is 3. The van der Waals surface area contributed by atoms with Gasteiger partial charge < -0.3 is 14.4 Å². The molecule has 1 saturated heterocycles. The highest BCUT2D eigenvalue weighted by Gasteiger charge is 2.38. The van der Waals surface area contributed by atoms with E-state index in [9.17, 15) is 14.4 Å². The summed E-state index contributed by atoms with van der Waals surface area (Å²) in [5, 5.41) is 1.27. The van der Waals surface area contributed by atoms with Crippen molar-refractivity contribution in [1.29, 1.82) is 0 Å². The average Bonchev–Trinajstić information content (AvgIpc) is 3.20. The van der Waals surface area contributed by atoms with E-state index in [1.165, 1.54) is 9.91 Å². The lowest BCUT2D eigenvalue weighted by Gasteiger charge is -2.32. The van der Waals surface area contributed by atoms with Crippen LogP contribution in [0.4, 0.5) is 4.79 Å². The minimum absolute atomic E-state index is 0.257. The van der Waals surface area contributed by atoms with Crippen LogP contribution in [0, 0.1) is 0 Å². The number of nitrogens with one attached hydrogen (secondary N) is 1. The third-order valence-electron chi connectivity index (χ3n) is 4.95. The lowest BCUT2D eigenvalue weighted by molar-refractivity contribution is -0.159. The maximum atomic E-state index is 13.0. The number of ether oxygens (including phenoxy) is 2. The van der Waals surface area contributed by atoms with Gasteiger partial charge in [0.05, 0.1) is 6.61 Å². The molecule has 2 rings (SSSR count). The Balaban J connectivity index is 2.03. The largest absolute Gasteiger partial charge is 0.465 e. The van der Waals surface area contributed by atoms with Crippen LogP contribution in [-0.4, -0.2) is 65.8 Å². The zero-order valence-electron chi connectivity index (χ0n) is 19.2. The van der Waals surface area contributed by atoms with Gasteiger partial charge in [0.25, 0.3) is 0 Å². The Morgan fingerprint density at radius 1 is 1.23 bits per heavy atom. The normalized spacial score (nSPS) is 17.2. The molecular weight excluding hydrogens is 398 g/mol. The van der Waals surface area contributed by atoms with Gasteiger partial charge in [0.1, 0.15) is 17.7 Å². The molecule has 1 aliphatic rings. The third kappa shape index (κ3) is 7.54. The van der Waals surface area contributed by atoms with E-state index >= 15 is 0 Å². The molecule has 172 valence electrons. The fraction of sp³-hybridized carbons (Fsp3) is 0.609. The van der Waals surface area contributed by atoms with Crippen LogP contribution in [0.5, 0.6) is 0 Å². The minimum atomic E-state index is -0.684. The monoisotopic (exact) mass is 433 g/mol. The van der Waals surface area contributed by atoms with Gasteiger partial charge in [0.15, 0.2) is 0 Å². The SMILES string of the molecule is CCOC(=O)C(CCc1ccccc1)NN(C)C(=O)N1CCC[C@H]1C(=O)OC(C)(C)C. The molecule has 2 atom stereocenters. The summed E-state index contributed by atoms with van der Waals surface area (Å²) in [7, 11) is 1.56. The van der Waals surface area contributed by atoms with Crippen molar-refractivity contribution in [1.82, 2.24) is 15.3 Å². The molecule has 0 saturated carbocycles. The molecule has 8 nitrogen and oxygen atoms in total. The predicted molar refractivity (Wildman–Crippen MR) is 117 cm³/mol. The Bertz CT molecular complexity index is 747. The summed E-state index contributed by atoms with van der Waals surface area (Å²) in [6.07, 6.45) is 2.40. The molecule has 1 N–H and O–H groups in total. The molecule has 0 aromatic heterocycles. The Kier molecular flexibility index (Phi) is 8.86. The van der Waals surface area contributed by atoms with Crippen LogP contribution in [0.1, 0.15) is 52.5 Å². The first-order chi connectivity index (χ1) is 14.6. The molecule has 0 spiro atoms. The first-order valence-corrected chi connectivity index (χ1v) is 10.9. The molecule has 1 heterocycles. The number of benzene rings is 1. The minimum Gasteiger partial charge on any atom is -0.465 e. The number of hydrogen-bond donors (Lipinski definition) is 1. The van der Waals surface area contributed by atoms with Gasteiger partial charge in [-0.3, -0.25) is 9.80 Å². The number of hydrogen-bond acceptors (Lipinski definition) is 6. The number of urea groups is 1. The van der Waals surface area contributed by atoms with Crippen molar-refractivity contribution in [2.75, 3.05) is 20.2 Å². The average molecular weight is 434 g/mol. The number of likely N-dealkylation sites (tertiary alicyclic amines) is 1. The first-order valence-electron chi connectivity index (χ1n) is 10.9. The van der Waals surface area contributed by atoms with Crippen molar-refractivity contribution in [3.8, 4) is 0 Å². The molecule has 1 fully saturated rings.